The number of hydrogen-bond donors (Lipinski definition) is 0. The predicted octanol–water partition coefficient (Wildman–Crippen LogP) is 3.14. The van der Waals surface area contributed by atoms with Gasteiger partial charge in [-0.25, -0.2) is 0 Å². The second-order valence-electron chi connectivity index (χ2n) is 3.79. The maximum absolute atomic E-state index is 12.6. The van der Waals surface area contributed by atoms with Crippen molar-refractivity contribution in [2.45, 2.75) is 44.4 Å². The Balaban J connectivity index is 2.79. The van der Waals surface area contributed by atoms with Gasteiger partial charge in [0.15, 0.2) is 5.60 Å². The summed E-state index contributed by atoms with van der Waals surface area (Å²) in [6.07, 6.45) is -1.22. The minimum Gasteiger partial charge on any atom is -0.369 e. The number of methoxy groups -OCH3 is 1. The molecule has 0 aromatic heterocycles. The molecule has 78 valence electrons. The van der Waals surface area contributed by atoms with Gasteiger partial charge in [-0.2, -0.15) is 13.2 Å². The molecule has 0 spiro atoms. The molecule has 1 unspecified atom stereocenters. The number of hydrogen-bond acceptors (Lipinski definition) is 1. The summed E-state index contributed by atoms with van der Waals surface area (Å²) in [4.78, 5) is 0. The lowest BCUT2D eigenvalue weighted by atomic mass is 9.87. The van der Waals surface area contributed by atoms with Gasteiger partial charge in [0.05, 0.1) is 0 Å². The number of halogens is 3. The maximum Gasteiger partial charge on any atom is 0.417 e. The summed E-state index contributed by atoms with van der Waals surface area (Å²) in [7, 11) is 1.14. The predicted molar refractivity (Wildman–Crippen MR) is 43.4 cm³/mol. The first-order chi connectivity index (χ1) is 5.92. The van der Waals surface area contributed by atoms with Crippen LogP contribution in [0, 0.1) is 5.92 Å². The fourth-order valence-electron chi connectivity index (χ4n) is 1.99. The Morgan fingerprint density at radius 3 is 1.92 bits per heavy atom. The van der Waals surface area contributed by atoms with E-state index in [9.17, 15) is 13.2 Å². The van der Waals surface area contributed by atoms with Gasteiger partial charge in [-0.15, -0.1) is 0 Å². The Morgan fingerprint density at radius 2 is 1.62 bits per heavy atom. The van der Waals surface area contributed by atoms with Crippen molar-refractivity contribution in [2.75, 3.05) is 7.11 Å². The molecule has 0 aromatic carbocycles. The van der Waals surface area contributed by atoms with Gasteiger partial charge >= 0.3 is 6.18 Å². The summed E-state index contributed by atoms with van der Waals surface area (Å²) >= 11 is 0. The zero-order valence-electron chi connectivity index (χ0n) is 7.95. The summed E-state index contributed by atoms with van der Waals surface area (Å²) in [5.41, 5.74) is -1.94. The molecule has 1 rings (SSSR count). The van der Waals surface area contributed by atoms with Gasteiger partial charge in [-0.1, -0.05) is 12.8 Å². The molecule has 0 N–H and O–H groups in total. The average Bonchev–Trinajstić information content (AvgIpc) is 2.52. The average molecular weight is 196 g/mol. The van der Waals surface area contributed by atoms with E-state index in [1.807, 2.05) is 0 Å². The first-order valence-corrected chi connectivity index (χ1v) is 4.53. The van der Waals surface area contributed by atoms with Crippen molar-refractivity contribution in [1.82, 2.24) is 0 Å². The summed E-state index contributed by atoms with van der Waals surface area (Å²) < 4.78 is 42.6. The molecule has 0 aliphatic heterocycles. The van der Waals surface area contributed by atoms with E-state index in [1.54, 1.807) is 0 Å². The van der Waals surface area contributed by atoms with Gasteiger partial charge in [-0.3, -0.25) is 0 Å². The van der Waals surface area contributed by atoms with E-state index in [-0.39, 0.29) is 5.92 Å². The standard InChI is InChI=1S/C9H15F3O/c1-8(13-2,9(10,11)12)7-5-3-4-6-7/h7H,3-6H2,1-2H3. The highest BCUT2D eigenvalue weighted by Crippen LogP contribution is 2.45. The smallest absolute Gasteiger partial charge is 0.369 e. The van der Waals surface area contributed by atoms with Crippen LogP contribution in [0.5, 0.6) is 0 Å². The van der Waals surface area contributed by atoms with E-state index in [0.29, 0.717) is 12.8 Å². The molecule has 0 heterocycles. The first-order valence-electron chi connectivity index (χ1n) is 4.53. The number of ether oxygens (including phenoxy) is 1. The monoisotopic (exact) mass is 196 g/mol. The Bertz CT molecular complexity index is 172. The van der Waals surface area contributed by atoms with E-state index < -0.39 is 11.8 Å². The Kier molecular flexibility index (Phi) is 2.90. The molecule has 0 radical (unpaired) electrons. The Morgan fingerprint density at radius 1 is 1.15 bits per heavy atom. The van der Waals surface area contributed by atoms with Crippen LogP contribution in [-0.4, -0.2) is 18.9 Å². The second-order valence-corrected chi connectivity index (χ2v) is 3.79. The van der Waals surface area contributed by atoms with Crippen LogP contribution in [0.1, 0.15) is 32.6 Å². The minimum atomic E-state index is -4.25. The van der Waals surface area contributed by atoms with Crippen molar-refractivity contribution >= 4 is 0 Å². The molecule has 4 heteroatoms. The molecule has 13 heavy (non-hydrogen) atoms. The highest BCUT2D eigenvalue weighted by atomic mass is 19.4. The Labute approximate surface area is 76.3 Å². The van der Waals surface area contributed by atoms with Crippen molar-refractivity contribution in [3.63, 3.8) is 0 Å². The third kappa shape index (κ3) is 1.82. The van der Waals surface area contributed by atoms with Crippen LogP contribution in [0.25, 0.3) is 0 Å². The van der Waals surface area contributed by atoms with Gasteiger partial charge in [-0.05, 0) is 25.7 Å². The Hall–Kier alpha value is -0.250. The number of rotatable bonds is 2. The normalized spacial score (nSPS) is 24.7. The molecule has 1 saturated carbocycles. The lowest BCUT2D eigenvalue weighted by Gasteiger charge is -2.35. The zero-order chi connectivity index (χ0) is 10.1. The summed E-state index contributed by atoms with van der Waals surface area (Å²) in [6.45, 7) is 1.16. The third-order valence-corrected chi connectivity index (χ3v) is 3.12. The van der Waals surface area contributed by atoms with Crippen LogP contribution < -0.4 is 0 Å². The van der Waals surface area contributed by atoms with Gasteiger partial charge < -0.3 is 4.74 Å². The molecule has 1 aliphatic rings. The molecule has 1 atom stereocenters. The highest BCUT2D eigenvalue weighted by Gasteiger charge is 2.56. The van der Waals surface area contributed by atoms with Crippen LogP contribution >= 0.6 is 0 Å². The second kappa shape index (κ2) is 3.48. The third-order valence-electron chi connectivity index (χ3n) is 3.12. The zero-order valence-corrected chi connectivity index (χ0v) is 7.95. The van der Waals surface area contributed by atoms with Crippen molar-refractivity contribution < 1.29 is 17.9 Å². The van der Waals surface area contributed by atoms with Gasteiger partial charge in [0.1, 0.15) is 0 Å². The van der Waals surface area contributed by atoms with E-state index in [2.05, 4.69) is 4.74 Å². The summed E-state index contributed by atoms with van der Waals surface area (Å²) in [5.74, 6) is -0.363. The number of alkyl halides is 3. The quantitative estimate of drug-likeness (QED) is 0.659. The minimum absolute atomic E-state index is 0.363. The molecule has 1 fully saturated rings. The molecule has 0 bridgehead atoms. The fraction of sp³-hybridized carbons (Fsp3) is 1.00. The summed E-state index contributed by atoms with van der Waals surface area (Å²) in [5, 5.41) is 0. The van der Waals surface area contributed by atoms with Crippen LogP contribution in [0.15, 0.2) is 0 Å². The lowest BCUT2D eigenvalue weighted by molar-refractivity contribution is -0.281. The van der Waals surface area contributed by atoms with Crippen LogP contribution in [0.2, 0.25) is 0 Å². The molecule has 0 amide bonds. The molecular formula is C9H15F3O. The van der Waals surface area contributed by atoms with E-state index >= 15 is 0 Å². The van der Waals surface area contributed by atoms with Crippen molar-refractivity contribution in [1.29, 1.82) is 0 Å². The first kappa shape index (κ1) is 10.8. The lowest BCUT2D eigenvalue weighted by Crippen LogP contribution is -2.49. The van der Waals surface area contributed by atoms with Crippen molar-refractivity contribution in [2.24, 2.45) is 5.92 Å². The van der Waals surface area contributed by atoms with Gasteiger partial charge in [0.2, 0.25) is 0 Å². The van der Waals surface area contributed by atoms with E-state index in [0.717, 1.165) is 26.9 Å². The maximum atomic E-state index is 12.6. The summed E-state index contributed by atoms with van der Waals surface area (Å²) in [6, 6.07) is 0. The molecular weight excluding hydrogens is 181 g/mol. The largest absolute Gasteiger partial charge is 0.417 e. The van der Waals surface area contributed by atoms with Crippen molar-refractivity contribution in [3.8, 4) is 0 Å². The van der Waals surface area contributed by atoms with E-state index in [1.165, 1.54) is 0 Å². The van der Waals surface area contributed by atoms with Crippen LogP contribution in [-0.2, 0) is 4.74 Å². The molecule has 1 nitrogen and oxygen atoms in total. The molecule has 0 aromatic rings. The highest BCUT2D eigenvalue weighted by molar-refractivity contribution is 4.92. The van der Waals surface area contributed by atoms with E-state index in [4.69, 9.17) is 0 Å². The van der Waals surface area contributed by atoms with Gasteiger partial charge in [0, 0.05) is 7.11 Å². The van der Waals surface area contributed by atoms with Crippen LogP contribution in [0.4, 0.5) is 13.2 Å². The fourth-order valence-corrected chi connectivity index (χ4v) is 1.99. The molecule has 1 aliphatic carbocycles. The van der Waals surface area contributed by atoms with Crippen molar-refractivity contribution in [3.05, 3.63) is 0 Å². The molecule has 0 saturated heterocycles. The SMILES string of the molecule is COC(C)(C1CCCC1)C(F)(F)F. The topological polar surface area (TPSA) is 9.23 Å². The van der Waals surface area contributed by atoms with Crippen LogP contribution in [0.3, 0.4) is 0 Å². The van der Waals surface area contributed by atoms with Gasteiger partial charge in [0.25, 0.3) is 0 Å².